The summed E-state index contributed by atoms with van der Waals surface area (Å²) in [6.07, 6.45) is 2.92. The normalized spacial score (nSPS) is 11.6. The summed E-state index contributed by atoms with van der Waals surface area (Å²) in [5.41, 5.74) is 6.33. The average molecular weight is 290 g/mol. The second-order valence-electron chi connectivity index (χ2n) is 5.00. The molecule has 7 nitrogen and oxygen atoms in total. The van der Waals surface area contributed by atoms with E-state index in [4.69, 9.17) is 10.5 Å². The average Bonchev–Trinajstić information content (AvgIpc) is 2.51. The molecule has 1 aromatic heterocycles. The smallest absolute Gasteiger partial charge is 0.270 e. The van der Waals surface area contributed by atoms with Crippen molar-refractivity contribution in [1.29, 1.82) is 0 Å². The summed E-state index contributed by atoms with van der Waals surface area (Å²) in [4.78, 5) is 18.6. The molecule has 0 amide bonds. The van der Waals surface area contributed by atoms with Crippen molar-refractivity contribution >= 4 is 16.6 Å². The Labute approximate surface area is 122 Å². The van der Waals surface area contributed by atoms with Crippen molar-refractivity contribution in [2.24, 2.45) is 5.73 Å². The van der Waals surface area contributed by atoms with Crippen molar-refractivity contribution in [2.75, 3.05) is 6.61 Å². The first-order valence-corrected chi connectivity index (χ1v) is 6.80. The van der Waals surface area contributed by atoms with Gasteiger partial charge in [0.2, 0.25) is 5.88 Å². The maximum atomic E-state index is 10.9. The molecule has 0 unspecified atom stereocenters. The van der Waals surface area contributed by atoms with Gasteiger partial charge in [0.25, 0.3) is 5.69 Å². The number of hydrogen-bond donors (Lipinski definition) is 1. The zero-order chi connectivity index (χ0) is 15.5. The van der Waals surface area contributed by atoms with Crippen LogP contribution in [0.15, 0.2) is 24.5 Å². The Morgan fingerprint density at radius 1 is 1.33 bits per heavy atom. The van der Waals surface area contributed by atoms with Crippen LogP contribution in [-0.4, -0.2) is 27.0 Å². The van der Waals surface area contributed by atoms with Crippen molar-refractivity contribution in [3.05, 3.63) is 34.6 Å². The molecule has 2 N–H and O–H groups in total. The Balaban J connectivity index is 2.35. The fraction of sp³-hybridized carbons (Fsp3) is 0.429. The van der Waals surface area contributed by atoms with Crippen molar-refractivity contribution in [3.63, 3.8) is 0 Å². The molecule has 0 aliphatic heterocycles. The summed E-state index contributed by atoms with van der Waals surface area (Å²) in [7, 11) is 0. The molecule has 1 aromatic carbocycles. The van der Waals surface area contributed by atoms with Gasteiger partial charge in [0.05, 0.1) is 15.8 Å². The third-order valence-electron chi connectivity index (χ3n) is 3.70. The van der Waals surface area contributed by atoms with Gasteiger partial charge in [-0.3, -0.25) is 10.1 Å². The van der Waals surface area contributed by atoms with E-state index in [0.29, 0.717) is 23.4 Å². The Hall–Kier alpha value is -2.28. The molecular formula is C14H18N4O3. The molecule has 21 heavy (non-hydrogen) atoms. The van der Waals surface area contributed by atoms with Crippen LogP contribution in [0.4, 0.5) is 5.69 Å². The lowest BCUT2D eigenvalue weighted by atomic mass is 9.96. The van der Waals surface area contributed by atoms with E-state index < -0.39 is 10.5 Å². The Morgan fingerprint density at radius 2 is 2.05 bits per heavy atom. The van der Waals surface area contributed by atoms with Crippen molar-refractivity contribution in [3.8, 4) is 5.88 Å². The monoisotopic (exact) mass is 290 g/mol. The van der Waals surface area contributed by atoms with E-state index in [0.717, 1.165) is 12.8 Å². The number of hydrogen-bond acceptors (Lipinski definition) is 6. The second-order valence-corrected chi connectivity index (χ2v) is 5.00. The van der Waals surface area contributed by atoms with Crippen LogP contribution in [0.3, 0.4) is 0 Å². The highest BCUT2D eigenvalue weighted by Gasteiger charge is 2.22. The van der Waals surface area contributed by atoms with Gasteiger partial charge in [0, 0.05) is 17.7 Å². The number of ether oxygens (including phenoxy) is 1. The first kappa shape index (κ1) is 15.1. The predicted octanol–water partition coefficient (Wildman–Crippen LogP) is 2.43. The van der Waals surface area contributed by atoms with Crippen LogP contribution in [0.2, 0.25) is 0 Å². The highest BCUT2D eigenvalue weighted by molar-refractivity contribution is 5.85. The standard InChI is InChI=1S/C14H18N4O3/c1-3-14(15,4-2)8-21-13-11-7-10(18(19)20)5-6-12(11)16-9-17-13/h5-7,9H,3-4,8,15H2,1-2H3. The Bertz CT molecular complexity index is 656. The molecule has 2 aromatic rings. The van der Waals surface area contributed by atoms with E-state index in [2.05, 4.69) is 9.97 Å². The number of aromatic nitrogens is 2. The van der Waals surface area contributed by atoms with E-state index in [1.165, 1.54) is 18.5 Å². The number of non-ortho nitro benzene ring substituents is 1. The van der Waals surface area contributed by atoms with Crippen LogP contribution in [0, 0.1) is 10.1 Å². The number of nitro groups is 1. The van der Waals surface area contributed by atoms with Gasteiger partial charge >= 0.3 is 0 Å². The van der Waals surface area contributed by atoms with E-state index in [1.807, 2.05) is 13.8 Å². The molecule has 0 spiro atoms. The Morgan fingerprint density at radius 3 is 2.67 bits per heavy atom. The van der Waals surface area contributed by atoms with E-state index >= 15 is 0 Å². The quantitative estimate of drug-likeness (QED) is 0.647. The fourth-order valence-corrected chi connectivity index (χ4v) is 1.92. The molecule has 0 bridgehead atoms. The van der Waals surface area contributed by atoms with Gasteiger partial charge in [-0.1, -0.05) is 13.8 Å². The van der Waals surface area contributed by atoms with Crippen molar-refractivity contribution in [1.82, 2.24) is 9.97 Å². The first-order chi connectivity index (χ1) is 9.99. The molecular weight excluding hydrogens is 272 g/mol. The number of rotatable bonds is 6. The molecule has 0 saturated carbocycles. The van der Waals surface area contributed by atoms with Crippen LogP contribution >= 0.6 is 0 Å². The summed E-state index contributed by atoms with van der Waals surface area (Å²) < 4.78 is 5.70. The highest BCUT2D eigenvalue weighted by Crippen LogP contribution is 2.26. The van der Waals surface area contributed by atoms with E-state index in [1.54, 1.807) is 6.07 Å². The SMILES string of the molecule is CCC(N)(CC)COc1ncnc2ccc([N+](=O)[O-])cc12. The van der Waals surface area contributed by atoms with Crippen LogP contribution in [0.25, 0.3) is 10.9 Å². The Kier molecular flexibility index (Phi) is 4.32. The maximum Gasteiger partial charge on any atom is 0.270 e. The van der Waals surface area contributed by atoms with Gasteiger partial charge < -0.3 is 10.5 Å². The molecule has 2 rings (SSSR count). The number of nitrogens with zero attached hydrogens (tertiary/aromatic N) is 3. The zero-order valence-electron chi connectivity index (χ0n) is 12.1. The minimum Gasteiger partial charge on any atom is -0.475 e. The molecule has 112 valence electrons. The molecule has 1 heterocycles. The third kappa shape index (κ3) is 3.25. The molecule has 0 radical (unpaired) electrons. The summed E-state index contributed by atoms with van der Waals surface area (Å²) in [5.74, 6) is 0.320. The minimum absolute atomic E-state index is 0.0212. The number of fused-ring (bicyclic) bond motifs is 1. The molecule has 0 aliphatic carbocycles. The highest BCUT2D eigenvalue weighted by atomic mass is 16.6. The lowest BCUT2D eigenvalue weighted by Crippen LogP contribution is -2.44. The largest absolute Gasteiger partial charge is 0.475 e. The first-order valence-electron chi connectivity index (χ1n) is 6.80. The summed E-state index contributed by atoms with van der Waals surface area (Å²) in [6.45, 7) is 4.29. The van der Waals surface area contributed by atoms with Gasteiger partial charge in [-0.15, -0.1) is 0 Å². The van der Waals surface area contributed by atoms with Gasteiger partial charge in [0.15, 0.2) is 0 Å². The second kappa shape index (κ2) is 6.01. The van der Waals surface area contributed by atoms with Crippen LogP contribution < -0.4 is 10.5 Å². The minimum atomic E-state index is -0.457. The molecule has 0 atom stereocenters. The number of nitrogens with two attached hydrogens (primary N) is 1. The van der Waals surface area contributed by atoms with Gasteiger partial charge in [-0.25, -0.2) is 9.97 Å². The lowest BCUT2D eigenvalue weighted by Gasteiger charge is -2.26. The fourth-order valence-electron chi connectivity index (χ4n) is 1.92. The summed E-state index contributed by atoms with van der Waals surface area (Å²) >= 11 is 0. The molecule has 0 aliphatic rings. The van der Waals surface area contributed by atoms with Crippen LogP contribution in [0.1, 0.15) is 26.7 Å². The topological polar surface area (TPSA) is 104 Å². The lowest BCUT2D eigenvalue weighted by molar-refractivity contribution is -0.384. The van der Waals surface area contributed by atoms with Crippen LogP contribution in [-0.2, 0) is 0 Å². The summed E-state index contributed by atoms with van der Waals surface area (Å²) in [6, 6.07) is 4.41. The summed E-state index contributed by atoms with van der Waals surface area (Å²) in [5, 5.41) is 11.4. The molecule has 0 saturated heterocycles. The van der Waals surface area contributed by atoms with Crippen molar-refractivity contribution in [2.45, 2.75) is 32.2 Å². The van der Waals surface area contributed by atoms with Gasteiger partial charge in [-0.2, -0.15) is 0 Å². The van der Waals surface area contributed by atoms with E-state index in [9.17, 15) is 10.1 Å². The molecule has 0 fully saturated rings. The zero-order valence-corrected chi connectivity index (χ0v) is 12.1. The van der Waals surface area contributed by atoms with Crippen molar-refractivity contribution < 1.29 is 9.66 Å². The van der Waals surface area contributed by atoms with Gasteiger partial charge in [-0.05, 0) is 18.9 Å². The third-order valence-corrected chi connectivity index (χ3v) is 3.70. The number of benzene rings is 1. The number of nitro benzene ring substituents is 1. The van der Waals surface area contributed by atoms with Crippen LogP contribution in [0.5, 0.6) is 5.88 Å². The maximum absolute atomic E-state index is 10.9. The van der Waals surface area contributed by atoms with E-state index in [-0.39, 0.29) is 5.69 Å². The predicted molar refractivity (Wildman–Crippen MR) is 79.2 cm³/mol. The molecule has 7 heteroatoms. The van der Waals surface area contributed by atoms with Gasteiger partial charge in [0.1, 0.15) is 12.9 Å².